The zero-order valence-electron chi connectivity index (χ0n) is 10.3. The van der Waals surface area contributed by atoms with E-state index in [0.717, 1.165) is 0 Å². The molecule has 0 spiro atoms. The van der Waals surface area contributed by atoms with Gasteiger partial charge in [-0.05, 0) is 31.5 Å². The number of pyridine rings is 1. The van der Waals surface area contributed by atoms with Crippen LogP contribution in [0.25, 0.3) is 0 Å². The molecule has 98 valence electrons. The number of carbonyl (C=O) groups is 2. The molecule has 0 bridgehead atoms. The topological polar surface area (TPSA) is 94.3 Å². The average Bonchev–Trinajstić information content (AvgIpc) is 2.43. The number of esters is 1. The lowest BCUT2D eigenvalue weighted by atomic mass is 10.1. The van der Waals surface area contributed by atoms with Gasteiger partial charge >= 0.3 is 5.97 Å². The highest BCUT2D eigenvalue weighted by Gasteiger charge is 2.21. The summed E-state index contributed by atoms with van der Waals surface area (Å²) in [5, 5.41) is 2.61. The van der Waals surface area contributed by atoms with Gasteiger partial charge < -0.3 is 15.8 Å². The van der Waals surface area contributed by atoms with Crippen molar-refractivity contribution >= 4 is 11.9 Å². The Morgan fingerprint density at radius 1 is 1.56 bits per heavy atom. The van der Waals surface area contributed by atoms with Crippen molar-refractivity contribution in [2.24, 2.45) is 5.73 Å². The van der Waals surface area contributed by atoms with E-state index in [0.29, 0.717) is 24.9 Å². The van der Waals surface area contributed by atoms with E-state index in [1.807, 2.05) is 0 Å². The minimum atomic E-state index is -0.675. The Morgan fingerprint density at radius 3 is 2.89 bits per heavy atom. The molecule has 0 radical (unpaired) electrons. The standard InChI is InChI=1S/C12H17N3O3/c1-18-12(17)10(5-2-6-13)15-11(16)9-4-3-7-14-8-9/h3-4,7-8,10H,2,5-6,13H2,1H3,(H,15,16). The molecule has 18 heavy (non-hydrogen) atoms. The molecule has 3 N–H and O–H groups in total. The number of aromatic nitrogens is 1. The fourth-order valence-corrected chi connectivity index (χ4v) is 1.45. The largest absolute Gasteiger partial charge is 0.467 e. The summed E-state index contributed by atoms with van der Waals surface area (Å²) in [6.45, 7) is 0.455. The molecule has 0 fully saturated rings. The molecule has 6 heteroatoms. The van der Waals surface area contributed by atoms with Crippen LogP contribution in [0.5, 0.6) is 0 Å². The number of methoxy groups -OCH3 is 1. The lowest BCUT2D eigenvalue weighted by Gasteiger charge is -2.15. The molecule has 0 saturated heterocycles. The van der Waals surface area contributed by atoms with Crippen LogP contribution < -0.4 is 11.1 Å². The molecule has 1 aromatic rings. The van der Waals surface area contributed by atoms with E-state index >= 15 is 0 Å². The molecule has 6 nitrogen and oxygen atoms in total. The van der Waals surface area contributed by atoms with Gasteiger partial charge in [-0.1, -0.05) is 0 Å². The van der Waals surface area contributed by atoms with Crippen LogP contribution in [0.15, 0.2) is 24.5 Å². The summed E-state index contributed by atoms with van der Waals surface area (Å²) >= 11 is 0. The van der Waals surface area contributed by atoms with Crippen LogP contribution in [0.3, 0.4) is 0 Å². The van der Waals surface area contributed by atoms with E-state index in [9.17, 15) is 9.59 Å². The Kier molecular flexibility index (Phi) is 5.79. The molecule has 0 aliphatic rings. The minimum absolute atomic E-state index is 0.351. The number of hydrogen-bond donors (Lipinski definition) is 2. The van der Waals surface area contributed by atoms with Crippen LogP contribution >= 0.6 is 0 Å². The number of hydrogen-bond acceptors (Lipinski definition) is 5. The summed E-state index contributed by atoms with van der Waals surface area (Å²) < 4.78 is 4.64. The van der Waals surface area contributed by atoms with Crippen molar-refractivity contribution in [3.8, 4) is 0 Å². The lowest BCUT2D eigenvalue weighted by molar-refractivity contribution is -0.143. The van der Waals surface area contributed by atoms with E-state index in [2.05, 4.69) is 15.0 Å². The van der Waals surface area contributed by atoms with Crippen LogP contribution in [0.2, 0.25) is 0 Å². The Balaban J connectivity index is 2.65. The number of nitrogens with zero attached hydrogens (tertiary/aromatic N) is 1. The summed E-state index contributed by atoms with van der Waals surface area (Å²) in [5.74, 6) is -0.823. The third-order valence-corrected chi connectivity index (χ3v) is 2.41. The second-order valence-electron chi connectivity index (χ2n) is 3.72. The van der Waals surface area contributed by atoms with Crippen molar-refractivity contribution in [3.63, 3.8) is 0 Å². The zero-order valence-corrected chi connectivity index (χ0v) is 10.3. The average molecular weight is 251 g/mol. The smallest absolute Gasteiger partial charge is 0.328 e. The van der Waals surface area contributed by atoms with Gasteiger partial charge in [0, 0.05) is 12.4 Å². The first-order chi connectivity index (χ1) is 8.69. The summed E-state index contributed by atoms with van der Waals surface area (Å²) in [4.78, 5) is 27.2. The minimum Gasteiger partial charge on any atom is -0.467 e. The number of rotatable bonds is 6. The predicted molar refractivity (Wildman–Crippen MR) is 65.8 cm³/mol. The van der Waals surface area contributed by atoms with Crippen molar-refractivity contribution in [2.75, 3.05) is 13.7 Å². The number of amides is 1. The lowest BCUT2D eigenvalue weighted by Crippen LogP contribution is -2.41. The highest BCUT2D eigenvalue weighted by atomic mass is 16.5. The summed E-state index contributed by atoms with van der Waals surface area (Å²) in [5.41, 5.74) is 5.79. The Hall–Kier alpha value is -1.95. The molecule has 0 aliphatic carbocycles. The zero-order chi connectivity index (χ0) is 13.4. The molecule has 0 aromatic carbocycles. The summed E-state index contributed by atoms with van der Waals surface area (Å²) in [6.07, 6.45) is 4.10. The van der Waals surface area contributed by atoms with Crippen molar-refractivity contribution in [3.05, 3.63) is 30.1 Å². The van der Waals surface area contributed by atoms with Gasteiger partial charge in [0.05, 0.1) is 12.7 Å². The molecule has 1 unspecified atom stereocenters. The third-order valence-electron chi connectivity index (χ3n) is 2.41. The second-order valence-corrected chi connectivity index (χ2v) is 3.72. The van der Waals surface area contributed by atoms with Crippen LogP contribution in [0.1, 0.15) is 23.2 Å². The summed E-state index contributed by atoms with van der Waals surface area (Å²) in [7, 11) is 1.29. The number of ether oxygens (including phenoxy) is 1. The van der Waals surface area contributed by atoms with Gasteiger partial charge in [-0.2, -0.15) is 0 Å². The fraction of sp³-hybridized carbons (Fsp3) is 0.417. The molecule has 0 aliphatic heterocycles. The SMILES string of the molecule is COC(=O)C(CCCN)NC(=O)c1cccnc1. The van der Waals surface area contributed by atoms with Crippen LogP contribution in [-0.2, 0) is 9.53 Å². The van der Waals surface area contributed by atoms with Gasteiger partial charge in [-0.15, -0.1) is 0 Å². The fourth-order valence-electron chi connectivity index (χ4n) is 1.45. The maximum atomic E-state index is 11.8. The van der Waals surface area contributed by atoms with Gasteiger partial charge in [-0.3, -0.25) is 9.78 Å². The Morgan fingerprint density at radius 2 is 2.33 bits per heavy atom. The first-order valence-corrected chi connectivity index (χ1v) is 5.67. The van der Waals surface area contributed by atoms with Crippen LogP contribution in [0.4, 0.5) is 0 Å². The molecule has 0 saturated carbocycles. The van der Waals surface area contributed by atoms with Crippen molar-refractivity contribution in [1.82, 2.24) is 10.3 Å². The summed E-state index contributed by atoms with van der Waals surface area (Å²) in [6, 6.07) is 2.60. The molecule has 1 rings (SSSR count). The van der Waals surface area contributed by atoms with Crippen LogP contribution in [-0.4, -0.2) is 36.6 Å². The van der Waals surface area contributed by atoms with E-state index in [-0.39, 0.29) is 5.91 Å². The van der Waals surface area contributed by atoms with Gasteiger partial charge in [-0.25, -0.2) is 4.79 Å². The molecule has 1 atom stereocenters. The van der Waals surface area contributed by atoms with Gasteiger partial charge in [0.25, 0.3) is 5.91 Å². The van der Waals surface area contributed by atoms with Gasteiger partial charge in [0.2, 0.25) is 0 Å². The monoisotopic (exact) mass is 251 g/mol. The van der Waals surface area contributed by atoms with Crippen LogP contribution in [0, 0.1) is 0 Å². The number of nitrogens with one attached hydrogen (secondary N) is 1. The first kappa shape index (κ1) is 14.1. The first-order valence-electron chi connectivity index (χ1n) is 5.67. The Bertz CT molecular complexity index is 395. The predicted octanol–water partition coefficient (Wildman–Crippen LogP) is 0.0919. The van der Waals surface area contributed by atoms with E-state index in [4.69, 9.17) is 5.73 Å². The highest BCUT2D eigenvalue weighted by molar-refractivity contribution is 5.96. The van der Waals surface area contributed by atoms with Gasteiger partial charge in [0.1, 0.15) is 6.04 Å². The molecule has 1 amide bonds. The second kappa shape index (κ2) is 7.39. The maximum absolute atomic E-state index is 11.8. The number of nitrogens with two attached hydrogens (primary N) is 1. The van der Waals surface area contributed by atoms with E-state index < -0.39 is 12.0 Å². The number of carbonyl (C=O) groups excluding carboxylic acids is 2. The quantitative estimate of drug-likeness (QED) is 0.699. The third kappa shape index (κ3) is 4.14. The van der Waals surface area contributed by atoms with Gasteiger partial charge in [0.15, 0.2) is 0 Å². The Labute approximate surface area is 106 Å². The van der Waals surface area contributed by atoms with E-state index in [1.165, 1.54) is 13.3 Å². The molecular formula is C12H17N3O3. The normalized spacial score (nSPS) is 11.7. The van der Waals surface area contributed by atoms with E-state index in [1.54, 1.807) is 18.3 Å². The highest BCUT2D eigenvalue weighted by Crippen LogP contribution is 2.02. The molecular weight excluding hydrogens is 234 g/mol. The van der Waals surface area contributed by atoms with Crippen molar-refractivity contribution < 1.29 is 14.3 Å². The van der Waals surface area contributed by atoms with Crippen molar-refractivity contribution in [1.29, 1.82) is 0 Å². The molecule has 1 aromatic heterocycles. The maximum Gasteiger partial charge on any atom is 0.328 e. The van der Waals surface area contributed by atoms with Crippen molar-refractivity contribution in [2.45, 2.75) is 18.9 Å². The molecule has 1 heterocycles.